The third-order valence-electron chi connectivity index (χ3n) is 1.54. The minimum atomic E-state index is 0.0717. The Morgan fingerprint density at radius 1 is 1.54 bits per heavy atom. The third-order valence-corrected chi connectivity index (χ3v) is 2.77. The molecule has 0 aliphatic carbocycles. The van der Waals surface area contributed by atoms with Crippen LogP contribution < -0.4 is 5.73 Å². The van der Waals surface area contributed by atoms with E-state index in [0.717, 1.165) is 10.0 Å². The molecule has 0 saturated carbocycles. The standard InChI is InChI=1S/C10H11BrClN/c1-7(13)2-3-8-4-5-9(11)10(12)6-8/h2-7H,13H2,1H3/b3-2+. The summed E-state index contributed by atoms with van der Waals surface area (Å²) < 4.78 is 0.909. The second-order valence-electron chi connectivity index (χ2n) is 2.89. The fraction of sp³-hybridized carbons (Fsp3) is 0.200. The third kappa shape index (κ3) is 3.51. The predicted octanol–water partition coefficient (Wildman–Crippen LogP) is 3.46. The molecule has 3 heteroatoms. The van der Waals surface area contributed by atoms with Crippen molar-refractivity contribution in [3.8, 4) is 0 Å². The van der Waals surface area contributed by atoms with Crippen LogP contribution in [0.2, 0.25) is 5.02 Å². The van der Waals surface area contributed by atoms with Gasteiger partial charge in [0.2, 0.25) is 0 Å². The lowest BCUT2D eigenvalue weighted by molar-refractivity contribution is 0.931. The Morgan fingerprint density at radius 2 is 2.23 bits per heavy atom. The molecule has 2 N–H and O–H groups in total. The molecule has 0 aromatic heterocycles. The van der Waals surface area contributed by atoms with Crippen molar-refractivity contribution in [1.29, 1.82) is 0 Å². The van der Waals surface area contributed by atoms with E-state index in [1.807, 2.05) is 37.3 Å². The number of rotatable bonds is 2. The highest BCUT2D eigenvalue weighted by atomic mass is 79.9. The van der Waals surface area contributed by atoms with Crippen LogP contribution >= 0.6 is 27.5 Å². The van der Waals surface area contributed by atoms with E-state index in [2.05, 4.69) is 15.9 Å². The van der Waals surface area contributed by atoms with Gasteiger partial charge in [0.25, 0.3) is 0 Å². The molecule has 70 valence electrons. The van der Waals surface area contributed by atoms with Crippen LogP contribution in [0.25, 0.3) is 6.08 Å². The fourth-order valence-corrected chi connectivity index (χ4v) is 1.31. The molecule has 13 heavy (non-hydrogen) atoms. The Kier molecular flexibility index (Phi) is 3.97. The van der Waals surface area contributed by atoms with Gasteiger partial charge in [-0.1, -0.05) is 29.8 Å². The quantitative estimate of drug-likeness (QED) is 0.866. The highest BCUT2D eigenvalue weighted by Crippen LogP contribution is 2.23. The average Bonchev–Trinajstić information content (AvgIpc) is 2.07. The van der Waals surface area contributed by atoms with Crippen molar-refractivity contribution in [3.05, 3.63) is 39.3 Å². The van der Waals surface area contributed by atoms with Gasteiger partial charge in [0.05, 0.1) is 5.02 Å². The van der Waals surface area contributed by atoms with E-state index in [0.29, 0.717) is 5.02 Å². The lowest BCUT2D eigenvalue weighted by Gasteiger charge is -1.98. The minimum absolute atomic E-state index is 0.0717. The first-order chi connectivity index (χ1) is 6.09. The maximum atomic E-state index is 5.92. The lowest BCUT2D eigenvalue weighted by Crippen LogP contribution is -2.09. The van der Waals surface area contributed by atoms with Crippen LogP contribution in [0.4, 0.5) is 0 Å². The summed E-state index contributed by atoms with van der Waals surface area (Å²) >= 11 is 9.25. The van der Waals surface area contributed by atoms with E-state index in [1.165, 1.54) is 0 Å². The van der Waals surface area contributed by atoms with Gasteiger partial charge in [-0.05, 0) is 40.5 Å². The first kappa shape index (κ1) is 10.8. The topological polar surface area (TPSA) is 26.0 Å². The molecule has 0 bridgehead atoms. The van der Waals surface area contributed by atoms with E-state index in [-0.39, 0.29) is 6.04 Å². The molecule has 1 aromatic rings. The van der Waals surface area contributed by atoms with Gasteiger partial charge < -0.3 is 5.73 Å². The summed E-state index contributed by atoms with van der Waals surface area (Å²) in [4.78, 5) is 0. The normalized spacial score (nSPS) is 13.5. The molecule has 0 aliphatic heterocycles. The van der Waals surface area contributed by atoms with Crippen molar-refractivity contribution in [1.82, 2.24) is 0 Å². The SMILES string of the molecule is CC(N)/C=C/c1ccc(Br)c(Cl)c1. The van der Waals surface area contributed by atoms with Crippen LogP contribution in [-0.2, 0) is 0 Å². The Labute approximate surface area is 91.7 Å². The fourth-order valence-electron chi connectivity index (χ4n) is 0.879. The summed E-state index contributed by atoms with van der Waals surface area (Å²) in [6, 6.07) is 5.87. The van der Waals surface area contributed by atoms with Crippen molar-refractivity contribution in [2.75, 3.05) is 0 Å². The van der Waals surface area contributed by atoms with Crippen molar-refractivity contribution in [2.24, 2.45) is 5.73 Å². The van der Waals surface area contributed by atoms with Gasteiger partial charge in [-0.3, -0.25) is 0 Å². The summed E-state index contributed by atoms with van der Waals surface area (Å²) in [5.41, 5.74) is 6.64. The van der Waals surface area contributed by atoms with E-state index in [4.69, 9.17) is 17.3 Å². The van der Waals surface area contributed by atoms with Crippen LogP contribution in [0.1, 0.15) is 12.5 Å². The first-order valence-corrected chi connectivity index (χ1v) is 5.15. The van der Waals surface area contributed by atoms with Crippen LogP contribution in [0.15, 0.2) is 28.7 Å². The Bertz CT molecular complexity index is 321. The van der Waals surface area contributed by atoms with Crippen molar-refractivity contribution >= 4 is 33.6 Å². The van der Waals surface area contributed by atoms with Gasteiger partial charge in [-0.15, -0.1) is 0 Å². The van der Waals surface area contributed by atoms with Crippen LogP contribution in [0.3, 0.4) is 0 Å². The van der Waals surface area contributed by atoms with Crippen molar-refractivity contribution < 1.29 is 0 Å². The summed E-state index contributed by atoms with van der Waals surface area (Å²) in [7, 11) is 0. The number of hydrogen-bond donors (Lipinski definition) is 1. The second kappa shape index (κ2) is 4.80. The maximum Gasteiger partial charge on any atom is 0.0554 e. The zero-order chi connectivity index (χ0) is 9.84. The molecular formula is C10H11BrClN. The Hall–Kier alpha value is -0.310. The summed E-state index contributed by atoms with van der Waals surface area (Å²) in [5, 5.41) is 0.715. The van der Waals surface area contributed by atoms with Crippen LogP contribution in [0.5, 0.6) is 0 Å². The maximum absolute atomic E-state index is 5.92. The van der Waals surface area contributed by atoms with E-state index in [9.17, 15) is 0 Å². The summed E-state index contributed by atoms with van der Waals surface area (Å²) in [6.45, 7) is 1.93. The van der Waals surface area contributed by atoms with Gasteiger partial charge in [0.1, 0.15) is 0 Å². The Balaban J connectivity index is 2.85. The van der Waals surface area contributed by atoms with Gasteiger partial charge in [0.15, 0.2) is 0 Å². The highest BCUT2D eigenvalue weighted by Gasteiger charge is 1.96. The van der Waals surface area contributed by atoms with Gasteiger partial charge in [-0.25, -0.2) is 0 Å². The molecule has 0 fully saturated rings. The van der Waals surface area contributed by atoms with E-state index >= 15 is 0 Å². The van der Waals surface area contributed by atoms with Crippen LogP contribution in [-0.4, -0.2) is 6.04 Å². The average molecular weight is 261 g/mol. The number of hydrogen-bond acceptors (Lipinski definition) is 1. The van der Waals surface area contributed by atoms with Gasteiger partial charge >= 0.3 is 0 Å². The molecule has 1 aromatic carbocycles. The van der Waals surface area contributed by atoms with Gasteiger partial charge in [0, 0.05) is 10.5 Å². The zero-order valence-electron chi connectivity index (χ0n) is 7.30. The van der Waals surface area contributed by atoms with E-state index < -0.39 is 0 Å². The smallest absolute Gasteiger partial charge is 0.0554 e. The van der Waals surface area contributed by atoms with Crippen LogP contribution in [0, 0.1) is 0 Å². The van der Waals surface area contributed by atoms with Crippen molar-refractivity contribution in [3.63, 3.8) is 0 Å². The summed E-state index contributed by atoms with van der Waals surface area (Å²) in [6.07, 6.45) is 3.89. The first-order valence-electron chi connectivity index (χ1n) is 3.98. The molecule has 0 aliphatic rings. The lowest BCUT2D eigenvalue weighted by atomic mass is 10.2. The predicted molar refractivity (Wildman–Crippen MR) is 61.8 cm³/mol. The number of benzene rings is 1. The molecule has 0 radical (unpaired) electrons. The molecule has 1 atom stereocenters. The summed E-state index contributed by atoms with van der Waals surface area (Å²) in [5.74, 6) is 0. The second-order valence-corrected chi connectivity index (χ2v) is 4.15. The van der Waals surface area contributed by atoms with Gasteiger partial charge in [-0.2, -0.15) is 0 Å². The molecule has 1 unspecified atom stereocenters. The zero-order valence-corrected chi connectivity index (χ0v) is 9.64. The number of halogens is 2. The molecule has 1 rings (SSSR count). The Morgan fingerprint density at radius 3 is 2.77 bits per heavy atom. The monoisotopic (exact) mass is 259 g/mol. The number of nitrogens with two attached hydrogens (primary N) is 1. The largest absolute Gasteiger partial charge is 0.325 e. The van der Waals surface area contributed by atoms with E-state index in [1.54, 1.807) is 0 Å². The molecule has 1 nitrogen and oxygen atoms in total. The molecule has 0 spiro atoms. The molecule has 0 amide bonds. The highest BCUT2D eigenvalue weighted by molar-refractivity contribution is 9.10. The van der Waals surface area contributed by atoms with Crippen molar-refractivity contribution in [2.45, 2.75) is 13.0 Å². The molecule has 0 heterocycles. The molecule has 0 saturated heterocycles. The minimum Gasteiger partial charge on any atom is -0.325 e. The molecular weight excluding hydrogens is 249 g/mol.